The number of carbonyl (C=O) groups is 3. The fraction of sp³-hybridized carbons (Fsp3) is 0.500. The van der Waals surface area contributed by atoms with E-state index in [1.807, 2.05) is 6.07 Å². The highest BCUT2D eigenvalue weighted by Gasteiger charge is 2.77. The van der Waals surface area contributed by atoms with E-state index in [4.69, 9.17) is 34.8 Å². The molecule has 2 unspecified atom stereocenters. The van der Waals surface area contributed by atoms with E-state index in [2.05, 4.69) is 5.32 Å². The normalized spacial score (nSPS) is 30.4. The summed E-state index contributed by atoms with van der Waals surface area (Å²) in [6.07, 6.45) is -0.503. The molecule has 3 rings (SSSR count). The molecule has 0 spiro atoms. The van der Waals surface area contributed by atoms with Crippen molar-refractivity contribution < 1.29 is 23.7 Å². The topological polar surface area (TPSA) is 104 Å². The summed E-state index contributed by atoms with van der Waals surface area (Å²) in [6, 6.07) is 7.82. The van der Waals surface area contributed by atoms with Crippen molar-refractivity contribution in [1.82, 2.24) is 10.2 Å². The van der Waals surface area contributed by atoms with Gasteiger partial charge in [0.1, 0.15) is 11.4 Å². The van der Waals surface area contributed by atoms with Crippen molar-refractivity contribution in [2.45, 2.75) is 52.2 Å². The van der Waals surface area contributed by atoms with E-state index in [1.165, 1.54) is 13.8 Å². The average Bonchev–Trinajstić information content (AvgIpc) is 2.75. The first-order valence-electron chi connectivity index (χ1n) is 8.70. The third kappa shape index (κ3) is 3.54. The van der Waals surface area contributed by atoms with Crippen LogP contribution < -0.4 is 5.32 Å². The molecule has 1 aromatic rings. The molecular formula is C18H19Cl3N2O5S. The van der Waals surface area contributed by atoms with E-state index < -0.39 is 60.5 Å². The number of rotatable bonds is 5. The highest BCUT2D eigenvalue weighted by Crippen LogP contribution is 2.55. The molecule has 2 heterocycles. The van der Waals surface area contributed by atoms with Crippen LogP contribution in [-0.4, -0.2) is 57.5 Å². The lowest BCUT2D eigenvalue weighted by Gasteiger charge is -2.50. The maximum atomic E-state index is 13.2. The molecule has 2 fully saturated rings. The number of nitrogens with one attached hydrogen (secondary N) is 1. The van der Waals surface area contributed by atoms with Gasteiger partial charge in [-0.15, -0.1) is 0 Å². The Morgan fingerprint density at radius 1 is 1.24 bits per heavy atom. The standard InChI is InChI=1S/C18H19Cl3N2O5S/c1-16(2)17(15(26)27,9-18(19,20)21)23-13(25)12(14(23)29(16)28)22-11(24)8-10-6-4-3-5-7-10/h3-7,12,14H,8-9H2,1-2H3,(H,22,24)(H,26,27)/t12-,14-,17?,29?/m1/s1. The number of alkyl halides is 3. The molecule has 29 heavy (non-hydrogen) atoms. The summed E-state index contributed by atoms with van der Waals surface area (Å²) in [5.74, 6) is -2.50. The summed E-state index contributed by atoms with van der Waals surface area (Å²) in [7, 11) is -1.83. The monoisotopic (exact) mass is 480 g/mol. The van der Waals surface area contributed by atoms with Gasteiger partial charge in [-0.3, -0.25) is 13.8 Å². The summed E-state index contributed by atoms with van der Waals surface area (Å²) in [6.45, 7) is 2.92. The van der Waals surface area contributed by atoms with Gasteiger partial charge in [0.15, 0.2) is 9.33 Å². The molecule has 1 aromatic carbocycles. The fourth-order valence-corrected chi connectivity index (χ4v) is 6.69. The molecular weight excluding hydrogens is 463 g/mol. The number of carbonyl (C=O) groups excluding carboxylic acids is 2. The van der Waals surface area contributed by atoms with Crippen molar-refractivity contribution in [2.75, 3.05) is 0 Å². The summed E-state index contributed by atoms with van der Waals surface area (Å²) in [5.41, 5.74) is -1.23. The molecule has 11 heteroatoms. The van der Waals surface area contributed by atoms with Crippen LogP contribution in [0.25, 0.3) is 0 Å². The summed E-state index contributed by atoms with van der Waals surface area (Å²) >= 11 is 17.6. The van der Waals surface area contributed by atoms with Crippen molar-refractivity contribution >= 4 is 63.4 Å². The smallest absolute Gasteiger partial charge is 0.331 e. The number of aliphatic carboxylic acids is 1. The second kappa shape index (κ2) is 7.41. The van der Waals surface area contributed by atoms with E-state index in [-0.39, 0.29) is 6.42 Å². The molecule has 158 valence electrons. The highest BCUT2D eigenvalue weighted by atomic mass is 35.6. The Labute approximate surface area is 185 Å². The number of hydrogen-bond donors (Lipinski definition) is 2. The first-order chi connectivity index (χ1) is 13.3. The number of carboxylic acids is 1. The number of carboxylic acid groups (broad SMARTS) is 1. The van der Waals surface area contributed by atoms with Crippen molar-refractivity contribution in [3.63, 3.8) is 0 Å². The van der Waals surface area contributed by atoms with Gasteiger partial charge < -0.3 is 15.3 Å². The van der Waals surface area contributed by atoms with E-state index >= 15 is 0 Å². The van der Waals surface area contributed by atoms with Gasteiger partial charge in [-0.05, 0) is 19.4 Å². The average molecular weight is 482 g/mol. The Morgan fingerprint density at radius 3 is 2.34 bits per heavy atom. The van der Waals surface area contributed by atoms with Gasteiger partial charge in [0.05, 0.1) is 22.0 Å². The van der Waals surface area contributed by atoms with Gasteiger partial charge in [-0.1, -0.05) is 65.1 Å². The molecule has 4 atom stereocenters. The molecule has 2 amide bonds. The van der Waals surface area contributed by atoms with Crippen LogP contribution in [0.15, 0.2) is 30.3 Å². The van der Waals surface area contributed by atoms with E-state index in [1.54, 1.807) is 24.3 Å². The van der Waals surface area contributed by atoms with E-state index in [0.29, 0.717) is 0 Å². The quantitative estimate of drug-likeness (QED) is 0.494. The van der Waals surface area contributed by atoms with Gasteiger partial charge in [-0.2, -0.15) is 0 Å². The molecule has 0 aliphatic carbocycles. The van der Waals surface area contributed by atoms with Crippen LogP contribution in [-0.2, 0) is 31.6 Å². The van der Waals surface area contributed by atoms with Crippen LogP contribution in [0.3, 0.4) is 0 Å². The van der Waals surface area contributed by atoms with Crippen LogP contribution >= 0.6 is 34.8 Å². The van der Waals surface area contributed by atoms with Crippen molar-refractivity contribution in [3.8, 4) is 0 Å². The lowest BCUT2D eigenvalue weighted by Crippen LogP contribution is -2.76. The van der Waals surface area contributed by atoms with Crippen LogP contribution in [0.4, 0.5) is 0 Å². The molecule has 2 aliphatic heterocycles. The zero-order chi connectivity index (χ0) is 21.8. The molecule has 0 saturated carbocycles. The third-order valence-corrected chi connectivity index (χ3v) is 8.17. The van der Waals surface area contributed by atoms with E-state index in [0.717, 1.165) is 10.5 Å². The Kier molecular flexibility index (Phi) is 5.71. The first-order valence-corrected chi connectivity index (χ1v) is 11.0. The lowest BCUT2D eigenvalue weighted by atomic mass is 9.78. The molecule has 7 nitrogen and oxygen atoms in total. The van der Waals surface area contributed by atoms with Gasteiger partial charge in [0, 0.05) is 6.42 Å². The summed E-state index contributed by atoms with van der Waals surface area (Å²) < 4.78 is 9.76. The van der Waals surface area contributed by atoms with Gasteiger partial charge in [0.25, 0.3) is 0 Å². The molecule has 0 bridgehead atoms. The van der Waals surface area contributed by atoms with Crippen LogP contribution in [0.1, 0.15) is 25.8 Å². The zero-order valence-corrected chi connectivity index (χ0v) is 18.6. The molecule has 2 saturated heterocycles. The minimum absolute atomic E-state index is 0.0333. The number of benzene rings is 1. The van der Waals surface area contributed by atoms with Crippen LogP contribution in [0, 0.1) is 0 Å². The maximum absolute atomic E-state index is 13.2. The Balaban J connectivity index is 1.88. The Morgan fingerprint density at radius 2 is 1.83 bits per heavy atom. The van der Waals surface area contributed by atoms with Gasteiger partial charge in [0.2, 0.25) is 11.8 Å². The molecule has 2 aliphatic rings. The second-order valence-electron chi connectivity index (χ2n) is 7.57. The Bertz CT molecular complexity index is 889. The fourth-order valence-electron chi connectivity index (χ4n) is 4.01. The van der Waals surface area contributed by atoms with Gasteiger partial charge in [-0.25, -0.2) is 4.79 Å². The Hall–Kier alpha value is -1.35. The minimum atomic E-state index is -1.99. The number of nitrogens with zero attached hydrogens (tertiary/aromatic N) is 1. The number of halogens is 3. The largest absolute Gasteiger partial charge is 0.479 e. The summed E-state index contributed by atoms with van der Waals surface area (Å²) in [4.78, 5) is 38.5. The van der Waals surface area contributed by atoms with Gasteiger partial charge >= 0.3 is 5.97 Å². The number of amides is 2. The van der Waals surface area contributed by atoms with Crippen molar-refractivity contribution in [1.29, 1.82) is 0 Å². The molecule has 0 radical (unpaired) electrons. The summed E-state index contributed by atoms with van der Waals surface area (Å²) in [5, 5.41) is 11.6. The van der Waals surface area contributed by atoms with Crippen molar-refractivity contribution in [2.24, 2.45) is 0 Å². The number of hydrogen-bond acceptors (Lipinski definition) is 4. The predicted octanol–water partition coefficient (Wildman–Crippen LogP) is 2.01. The maximum Gasteiger partial charge on any atom is 0.331 e. The number of β-lactam (4-membered cyclic amide) rings is 1. The van der Waals surface area contributed by atoms with E-state index in [9.17, 15) is 23.7 Å². The molecule has 2 N–H and O–H groups in total. The highest BCUT2D eigenvalue weighted by molar-refractivity contribution is 7.87. The second-order valence-corrected chi connectivity index (χ2v) is 12.2. The minimum Gasteiger partial charge on any atom is -0.479 e. The van der Waals surface area contributed by atoms with Crippen molar-refractivity contribution in [3.05, 3.63) is 35.9 Å². The zero-order valence-electron chi connectivity index (χ0n) is 15.5. The van der Waals surface area contributed by atoms with Crippen LogP contribution in [0.5, 0.6) is 0 Å². The SMILES string of the molecule is CC1(C)S(=O)[C@@H]2[C@H](NC(=O)Cc3ccccc3)C(=O)N2C1(CC(Cl)(Cl)Cl)C(=O)O. The first kappa shape index (κ1) is 22.3. The third-order valence-electron chi connectivity index (χ3n) is 5.51. The lowest BCUT2D eigenvalue weighted by molar-refractivity contribution is -0.172. The predicted molar refractivity (Wildman–Crippen MR) is 110 cm³/mol. The van der Waals surface area contributed by atoms with Crippen LogP contribution in [0.2, 0.25) is 0 Å². The molecule has 0 aromatic heterocycles. The number of fused-ring (bicyclic) bond motifs is 1.